The molecule has 0 amide bonds. The summed E-state index contributed by atoms with van der Waals surface area (Å²) >= 11 is 0. The Bertz CT molecular complexity index is 638. The van der Waals surface area contributed by atoms with Crippen molar-refractivity contribution in [2.75, 3.05) is 0 Å². The summed E-state index contributed by atoms with van der Waals surface area (Å²) in [5, 5.41) is 0. The van der Waals surface area contributed by atoms with Crippen molar-refractivity contribution < 1.29 is 25.8 Å². The van der Waals surface area contributed by atoms with E-state index in [-0.39, 0.29) is 18.1 Å². The fourth-order valence-corrected chi connectivity index (χ4v) is 2.47. The molecule has 0 N–H and O–H groups in total. The van der Waals surface area contributed by atoms with Gasteiger partial charge in [-0.15, -0.1) is 0 Å². The highest BCUT2D eigenvalue weighted by Gasteiger charge is 2.48. The highest BCUT2D eigenvalue weighted by molar-refractivity contribution is 7.87. The van der Waals surface area contributed by atoms with Gasteiger partial charge in [0.05, 0.1) is 5.69 Å². The maximum absolute atomic E-state index is 12.3. The number of rotatable bonds is 2. The summed E-state index contributed by atoms with van der Waals surface area (Å²) in [6.07, 6.45) is 3.45. The van der Waals surface area contributed by atoms with E-state index in [0.29, 0.717) is 12.0 Å². The zero-order valence-corrected chi connectivity index (χ0v) is 11.3. The molecule has 1 heterocycles. The lowest BCUT2D eigenvalue weighted by Crippen LogP contribution is -2.25. The van der Waals surface area contributed by atoms with Gasteiger partial charge in [0.2, 0.25) is 0 Å². The summed E-state index contributed by atoms with van der Waals surface area (Å²) < 4.78 is 63.2. The lowest BCUT2D eigenvalue weighted by molar-refractivity contribution is -0.0522. The van der Waals surface area contributed by atoms with Crippen LogP contribution in [0.25, 0.3) is 6.08 Å². The molecule has 1 atom stereocenters. The molecule has 0 aliphatic heterocycles. The van der Waals surface area contributed by atoms with Gasteiger partial charge in [-0.3, -0.25) is 4.98 Å². The quantitative estimate of drug-likeness (QED) is 0.622. The van der Waals surface area contributed by atoms with E-state index in [0.717, 1.165) is 5.69 Å². The first-order valence-corrected chi connectivity index (χ1v) is 7.28. The number of alkyl halides is 3. The van der Waals surface area contributed by atoms with E-state index in [4.69, 9.17) is 0 Å². The van der Waals surface area contributed by atoms with Gasteiger partial charge in [-0.05, 0) is 30.0 Å². The maximum Gasteiger partial charge on any atom is 0.534 e. The SMILES string of the molecule is CC1CCC(OS(=O)(=O)C(F)(F)F)=Cc2cccnc21. The van der Waals surface area contributed by atoms with Crippen molar-refractivity contribution in [1.29, 1.82) is 0 Å². The highest BCUT2D eigenvalue weighted by atomic mass is 32.2. The van der Waals surface area contributed by atoms with Gasteiger partial charge in [0.15, 0.2) is 0 Å². The summed E-state index contributed by atoms with van der Waals surface area (Å²) in [5.74, 6) is -0.210. The van der Waals surface area contributed by atoms with Crippen LogP contribution in [0.5, 0.6) is 0 Å². The number of aromatic nitrogens is 1. The molecule has 1 aromatic heterocycles. The molecule has 110 valence electrons. The number of halogens is 3. The molecule has 2 rings (SSSR count). The lowest BCUT2D eigenvalue weighted by atomic mass is 10.0. The Morgan fingerprint density at radius 1 is 1.40 bits per heavy atom. The van der Waals surface area contributed by atoms with Gasteiger partial charge in [0.1, 0.15) is 5.76 Å². The van der Waals surface area contributed by atoms with E-state index in [1.165, 1.54) is 6.08 Å². The standard InChI is InChI=1S/C12H12F3NO3S/c1-8-4-5-10(19-20(17,18)12(13,14)15)7-9-3-2-6-16-11(8)9/h2-3,6-8H,4-5H2,1H3. The highest BCUT2D eigenvalue weighted by Crippen LogP contribution is 2.33. The van der Waals surface area contributed by atoms with Crippen LogP contribution in [0.1, 0.15) is 36.9 Å². The van der Waals surface area contributed by atoms with E-state index < -0.39 is 15.6 Å². The van der Waals surface area contributed by atoms with Crippen molar-refractivity contribution in [2.45, 2.75) is 31.2 Å². The Hall–Kier alpha value is -1.57. The maximum atomic E-state index is 12.3. The van der Waals surface area contributed by atoms with Crippen LogP contribution in [0.15, 0.2) is 24.1 Å². The van der Waals surface area contributed by atoms with Crippen LogP contribution in [0.3, 0.4) is 0 Å². The fourth-order valence-electron chi connectivity index (χ4n) is 1.96. The molecule has 1 aromatic rings. The van der Waals surface area contributed by atoms with Gasteiger partial charge < -0.3 is 4.18 Å². The van der Waals surface area contributed by atoms with E-state index in [2.05, 4.69) is 9.17 Å². The van der Waals surface area contributed by atoms with E-state index in [9.17, 15) is 21.6 Å². The summed E-state index contributed by atoms with van der Waals surface area (Å²) in [5.41, 5.74) is -4.14. The van der Waals surface area contributed by atoms with Crippen molar-refractivity contribution in [1.82, 2.24) is 4.98 Å². The minimum atomic E-state index is -5.62. The minimum absolute atomic E-state index is 0.0112. The van der Waals surface area contributed by atoms with Crippen molar-refractivity contribution in [3.8, 4) is 0 Å². The molecule has 1 aliphatic rings. The second-order valence-electron chi connectivity index (χ2n) is 4.51. The van der Waals surface area contributed by atoms with Gasteiger partial charge in [0, 0.05) is 12.6 Å². The second kappa shape index (κ2) is 5.08. The van der Waals surface area contributed by atoms with Crippen LogP contribution in [0.2, 0.25) is 0 Å². The number of hydrogen-bond donors (Lipinski definition) is 0. The van der Waals surface area contributed by atoms with Crippen LogP contribution in [0, 0.1) is 0 Å². The molecular formula is C12H12F3NO3S. The molecule has 0 fully saturated rings. The smallest absolute Gasteiger partial charge is 0.381 e. The molecule has 20 heavy (non-hydrogen) atoms. The Balaban J connectivity index is 2.34. The zero-order chi connectivity index (χ0) is 15.0. The Labute approximate surface area is 114 Å². The normalized spacial score (nSPS) is 19.8. The molecular weight excluding hydrogens is 295 g/mol. The first-order valence-electron chi connectivity index (χ1n) is 5.87. The third kappa shape index (κ3) is 2.95. The number of pyridine rings is 1. The molecule has 0 aromatic carbocycles. The molecule has 0 saturated heterocycles. The van der Waals surface area contributed by atoms with Crippen LogP contribution < -0.4 is 0 Å². The average molecular weight is 307 g/mol. The summed E-state index contributed by atoms with van der Waals surface area (Å²) in [6.45, 7) is 1.88. The van der Waals surface area contributed by atoms with Gasteiger partial charge >= 0.3 is 15.6 Å². The van der Waals surface area contributed by atoms with Crippen molar-refractivity contribution >= 4 is 16.2 Å². The monoisotopic (exact) mass is 307 g/mol. The first kappa shape index (κ1) is 14.8. The first-order chi connectivity index (χ1) is 9.21. The van der Waals surface area contributed by atoms with E-state index in [1.807, 2.05) is 6.92 Å². The summed E-state index contributed by atoms with van der Waals surface area (Å²) in [4.78, 5) is 4.17. The second-order valence-corrected chi connectivity index (χ2v) is 6.05. The van der Waals surface area contributed by atoms with Gasteiger partial charge in [-0.2, -0.15) is 21.6 Å². The van der Waals surface area contributed by atoms with Gasteiger partial charge in [-0.1, -0.05) is 13.0 Å². The topological polar surface area (TPSA) is 56.3 Å². The third-order valence-electron chi connectivity index (χ3n) is 2.98. The number of nitrogens with zero attached hydrogens (tertiary/aromatic N) is 1. The van der Waals surface area contributed by atoms with Crippen molar-refractivity contribution in [3.63, 3.8) is 0 Å². The van der Waals surface area contributed by atoms with Gasteiger partial charge in [-0.25, -0.2) is 0 Å². The third-order valence-corrected chi connectivity index (χ3v) is 3.98. The zero-order valence-electron chi connectivity index (χ0n) is 10.5. The Morgan fingerprint density at radius 2 is 2.10 bits per heavy atom. The largest absolute Gasteiger partial charge is 0.534 e. The van der Waals surface area contributed by atoms with Gasteiger partial charge in [0.25, 0.3) is 0 Å². The van der Waals surface area contributed by atoms with Crippen molar-refractivity contribution in [3.05, 3.63) is 35.3 Å². The fraction of sp³-hybridized carbons (Fsp3) is 0.417. The van der Waals surface area contributed by atoms with Crippen LogP contribution >= 0.6 is 0 Å². The molecule has 1 aliphatic carbocycles. The Kier molecular flexibility index (Phi) is 3.77. The average Bonchev–Trinajstić information content (AvgIpc) is 2.48. The molecule has 0 radical (unpaired) electrons. The molecule has 0 bridgehead atoms. The number of hydrogen-bond acceptors (Lipinski definition) is 4. The summed E-state index contributed by atoms with van der Waals surface area (Å²) in [6, 6.07) is 3.29. The van der Waals surface area contributed by atoms with E-state index >= 15 is 0 Å². The molecule has 8 heteroatoms. The van der Waals surface area contributed by atoms with Crippen LogP contribution in [-0.2, 0) is 14.3 Å². The van der Waals surface area contributed by atoms with E-state index in [1.54, 1.807) is 18.3 Å². The van der Waals surface area contributed by atoms with Crippen molar-refractivity contribution in [2.24, 2.45) is 0 Å². The molecule has 0 spiro atoms. The molecule has 4 nitrogen and oxygen atoms in total. The molecule has 0 saturated carbocycles. The predicted molar refractivity (Wildman–Crippen MR) is 65.9 cm³/mol. The summed E-state index contributed by atoms with van der Waals surface area (Å²) in [7, 11) is -5.62. The van der Waals surface area contributed by atoms with Crippen LogP contribution in [-0.4, -0.2) is 18.9 Å². The van der Waals surface area contributed by atoms with Crippen LogP contribution in [0.4, 0.5) is 13.2 Å². The lowest BCUT2D eigenvalue weighted by Gasteiger charge is -2.11. The predicted octanol–water partition coefficient (Wildman–Crippen LogP) is 3.19. The Morgan fingerprint density at radius 3 is 2.75 bits per heavy atom. The minimum Gasteiger partial charge on any atom is -0.381 e. The number of allylic oxidation sites excluding steroid dienone is 1. The number of fused-ring (bicyclic) bond motifs is 1. The molecule has 1 unspecified atom stereocenters.